The Morgan fingerprint density at radius 1 is 1.25 bits per heavy atom. The van der Waals surface area contributed by atoms with Crippen molar-refractivity contribution in [2.45, 2.75) is 32.9 Å². The molecule has 28 heavy (non-hydrogen) atoms. The van der Waals surface area contributed by atoms with Crippen molar-refractivity contribution < 1.29 is 14.3 Å². The van der Waals surface area contributed by atoms with E-state index in [1.165, 1.54) is 24.3 Å². The zero-order valence-electron chi connectivity index (χ0n) is 15.7. The van der Waals surface area contributed by atoms with Crippen molar-refractivity contribution in [1.29, 1.82) is 0 Å². The molecule has 146 valence electrons. The van der Waals surface area contributed by atoms with Gasteiger partial charge in [0.25, 0.3) is 5.91 Å². The van der Waals surface area contributed by atoms with Gasteiger partial charge >= 0.3 is 5.97 Å². The largest absolute Gasteiger partial charge is 0.449 e. The Morgan fingerprint density at radius 2 is 2.00 bits per heavy atom. The summed E-state index contributed by atoms with van der Waals surface area (Å²) in [6.07, 6.45) is 3.53. The summed E-state index contributed by atoms with van der Waals surface area (Å²) in [4.78, 5) is 25.1. The summed E-state index contributed by atoms with van der Waals surface area (Å²) in [5.74, 6) is -0.493. The number of hydrogen-bond donors (Lipinski definition) is 1. The van der Waals surface area contributed by atoms with Crippen molar-refractivity contribution in [2.24, 2.45) is 0 Å². The zero-order chi connectivity index (χ0) is 20.3. The molecule has 1 amide bonds. The molecule has 0 aliphatic rings. The number of hydrogen-bond acceptors (Lipinski definition) is 5. The van der Waals surface area contributed by atoms with Crippen LogP contribution in [0.2, 0.25) is 5.02 Å². The topological polar surface area (TPSA) is 73.2 Å². The van der Waals surface area contributed by atoms with E-state index in [4.69, 9.17) is 16.3 Å². The van der Waals surface area contributed by atoms with Gasteiger partial charge in [0.15, 0.2) is 6.10 Å². The lowest BCUT2D eigenvalue weighted by Gasteiger charge is -2.15. The Kier molecular flexibility index (Phi) is 6.16. The maximum atomic E-state index is 12.3. The van der Waals surface area contributed by atoms with Gasteiger partial charge in [0.2, 0.25) is 0 Å². The maximum Gasteiger partial charge on any atom is 0.331 e. The molecule has 2 aromatic heterocycles. The van der Waals surface area contributed by atoms with Crippen LogP contribution in [0.4, 0.5) is 5.82 Å². The second-order valence-corrected chi connectivity index (χ2v) is 7.89. The van der Waals surface area contributed by atoms with Crippen molar-refractivity contribution in [3.63, 3.8) is 0 Å². The number of ether oxygens (including phenoxy) is 1. The van der Waals surface area contributed by atoms with E-state index in [1.807, 2.05) is 38.1 Å². The number of carbonyl (C=O) groups excluding carboxylic acids is 2. The van der Waals surface area contributed by atoms with Crippen molar-refractivity contribution in [3.8, 4) is 0 Å². The Hall–Kier alpha value is -2.64. The lowest BCUT2D eigenvalue weighted by molar-refractivity contribution is -0.148. The van der Waals surface area contributed by atoms with Gasteiger partial charge in [-0.05, 0) is 32.9 Å². The third kappa shape index (κ3) is 4.43. The van der Waals surface area contributed by atoms with Crippen LogP contribution >= 0.6 is 22.9 Å². The van der Waals surface area contributed by atoms with Gasteiger partial charge in [-0.25, -0.2) is 9.48 Å². The molecule has 1 N–H and O–H groups in total. The summed E-state index contributed by atoms with van der Waals surface area (Å²) in [5.41, 5.74) is 0. The predicted molar refractivity (Wildman–Crippen MR) is 113 cm³/mol. The van der Waals surface area contributed by atoms with E-state index in [2.05, 4.69) is 10.4 Å². The van der Waals surface area contributed by atoms with E-state index in [1.54, 1.807) is 23.0 Å². The molecular formula is C20H20ClN3O3S. The summed E-state index contributed by atoms with van der Waals surface area (Å²) < 4.78 is 7.90. The quantitative estimate of drug-likeness (QED) is 0.456. The van der Waals surface area contributed by atoms with Crippen LogP contribution in [-0.2, 0) is 14.3 Å². The number of thiophene rings is 1. The van der Waals surface area contributed by atoms with Crippen LogP contribution in [0.15, 0.2) is 42.6 Å². The molecule has 0 spiro atoms. The zero-order valence-corrected chi connectivity index (χ0v) is 17.3. The molecule has 0 radical (unpaired) electrons. The van der Waals surface area contributed by atoms with E-state index in [0.29, 0.717) is 10.8 Å². The normalized spacial score (nSPS) is 12.6. The van der Waals surface area contributed by atoms with Gasteiger partial charge in [-0.1, -0.05) is 29.8 Å². The number of benzene rings is 1. The molecule has 0 bridgehead atoms. The Morgan fingerprint density at radius 3 is 2.71 bits per heavy atom. The second kappa shape index (κ2) is 8.58. The minimum absolute atomic E-state index is 0.0946. The molecule has 0 fully saturated rings. The molecule has 6 nitrogen and oxygen atoms in total. The fraction of sp³-hybridized carbons (Fsp3) is 0.250. The second-order valence-electron chi connectivity index (χ2n) is 6.43. The lowest BCUT2D eigenvalue weighted by Crippen LogP contribution is -2.30. The van der Waals surface area contributed by atoms with Crippen LogP contribution < -0.4 is 5.32 Å². The van der Waals surface area contributed by atoms with Crippen molar-refractivity contribution in [2.75, 3.05) is 5.32 Å². The molecular weight excluding hydrogens is 398 g/mol. The van der Waals surface area contributed by atoms with Crippen LogP contribution in [0.5, 0.6) is 0 Å². The summed E-state index contributed by atoms with van der Waals surface area (Å²) in [6, 6.07) is 9.53. The number of fused-ring (bicyclic) bond motifs is 1. The average molecular weight is 418 g/mol. The molecule has 1 atom stereocenters. The maximum absolute atomic E-state index is 12.3. The first kappa shape index (κ1) is 20.1. The number of nitrogens with one attached hydrogen (secondary N) is 1. The molecule has 3 rings (SSSR count). The first-order valence-corrected chi connectivity index (χ1v) is 9.96. The van der Waals surface area contributed by atoms with Gasteiger partial charge in [0.1, 0.15) is 5.82 Å². The van der Waals surface area contributed by atoms with Crippen LogP contribution in [0.3, 0.4) is 0 Å². The minimum Gasteiger partial charge on any atom is -0.449 e. The third-order valence-electron chi connectivity index (χ3n) is 4.00. The molecule has 1 aromatic carbocycles. The monoisotopic (exact) mass is 417 g/mol. The van der Waals surface area contributed by atoms with Crippen LogP contribution in [0.1, 0.15) is 31.7 Å². The Balaban J connectivity index is 1.61. The summed E-state index contributed by atoms with van der Waals surface area (Å²) in [7, 11) is 0. The van der Waals surface area contributed by atoms with Gasteiger partial charge in [0, 0.05) is 33.1 Å². The molecule has 0 unspecified atom stereocenters. The Labute approximate surface area is 171 Å². The van der Waals surface area contributed by atoms with Gasteiger partial charge in [0.05, 0.1) is 11.2 Å². The van der Waals surface area contributed by atoms with E-state index < -0.39 is 18.0 Å². The molecule has 0 saturated heterocycles. The van der Waals surface area contributed by atoms with Crippen LogP contribution in [0.25, 0.3) is 16.2 Å². The van der Waals surface area contributed by atoms with Crippen molar-refractivity contribution in [1.82, 2.24) is 9.78 Å². The predicted octanol–water partition coefficient (Wildman–Crippen LogP) is 4.92. The first-order valence-electron chi connectivity index (χ1n) is 8.77. The number of aromatic nitrogens is 2. The molecule has 0 aliphatic heterocycles. The number of nitrogens with zero attached hydrogens (tertiary/aromatic N) is 2. The number of carbonyl (C=O) groups is 2. The van der Waals surface area contributed by atoms with E-state index in [-0.39, 0.29) is 6.04 Å². The molecule has 2 heterocycles. The highest BCUT2D eigenvalue weighted by molar-refractivity contribution is 7.20. The lowest BCUT2D eigenvalue weighted by atomic mass is 10.2. The van der Waals surface area contributed by atoms with E-state index in [9.17, 15) is 9.59 Å². The molecule has 0 saturated carbocycles. The van der Waals surface area contributed by atoms with Gasteiger partial charge in [-0.15, -0.1) is 11.3 Å². The number of esters is 1. The van der Waals surface area contributed by atoms with Crippen LogP contribution in [-0.4, -0.2) is 27.8 Å². The molecule has 8 heteroatoms. The Bertz CT molecular complexity index is 1040. The molecule has 0 aliphatic carbocycles. The standard InChI is InChI=1S/C20H20ClN3O3S/c1-12(2)24-17(10-11-22-24)23-20(26)13(3)27-18(25)9-8-16-19(21)14-6-4-5-7-15(14)28-16/h4-13H,1-3H3,(H,23,26)/b9-8+/t13-/m1/s1. The van der Waals surface area contributed by atoms with Crippen molar-refractivity contribution in [3.05, 3.63) is 52.5 Å². The van der Waals surface area contributed by atoms with Gasteiger partial charge in [-0.3, -0.25) is 4.79 Å². The SMILES string of the molecule is CC(C)n1nccc1NC(=O)[C@@H](C)OC(=O)/C=C/c1sc2ccccc2c1Cl. The van der Waals surface area contributed by atoms with E-state index in [0.717, 1.165) is 15.0 Å². The van der Waals surface area contributed by atoms with Gasteiger partial charge < -0.3 is 10.1 Å². The number of rotatable bonds is 6. The third-order valence-corrected chi connectivity index (χ3v) is 5.66. The number of amides is 1. The van der Waals surface area contributed by atoms with E-state index >= 15 is 0 Å². The fourth-order valence-corrected chi connectivity index (χ4v) is 4.00. The smallest absolute Gasteiger partial charge is 0.331 e. The summed E-state index contributed by atoms with van der Waals surface area (Å²) in [5, 5.41) is 8.40. The number of halogens is 1. The highest BCUT2D eigenvalue weighted by Crippen LogP contribution is 2.35. The van der Waals surface area contributed by atoms with Crippen LogP contribution in [0, 0.1) is 0 Å². The first-order chi connectivity index (χ1) is 13.4. The van der Waals surface area contributed by atoms with Crippen molar-refractivity contribution >= 4 is 56.8 Å². The highest BCUT2D eigenvalue weighted by Gasteiger charge is 2.19. The summed E-state index contributed by atoms with van der Waals surface area (Å²) >= 11 is 7.83. The fourth-order valence-electron chi connectivity index (χ4n) is 2.60. The minimum atomic E-state index is -0.953. The number of anilines is 1. The summed E-state index contributed by atoms with van der Waals surface area (Å²) in [6.45, 7) is 5.43. The van der Waals surface area contributed by atoms with Gasteiger partial charge in [-0.2, -0.15) is 5.10 Å². The average Bonchev–Trinajstić information content (AvgIpc) is 3.25. The highest BCUT2D eigenvalue weighted by atomic mass is 35.5. The molecule has 3 aromatic rings.